The van der Waals surface area contributed by atoms with Crippen molar-refractivity contribution >= 4 is 38.7 Å². The summed E-state index contributed by atoms with van der Waals surface area (Å²) in [4.78, 5) is 15.2. The largest absolute Gasteiger partial charge is 0.384 e. The summed E-state index contributed by atoms with van der Waals surface area (Å²) in [5.74, 6) is 0.113. The van der Waals surface area contributed by atoms with Crippen molar-refractivity contribution in [2.75, 3.05) is 4.90 Å². The fourth-order valence-electron chi connectivity index (χ4n) is 4.19. The number of carbonyl (C=O) groups is 1. The Hall–Kier alpha value is -2.36. The van der Waals surface area contributed by atoms with E-state index in [0.29, 0.717) is 23.4 Å². The van der Waals surface area contributed by atoms with Gasteiger partial charge in [0.25, 0.3) is 0 Å². The molecule has 0 bridgehead atoms. The first-order chi connectivity index (χ1) is 13.3. The molecule has 0 unspecified atom stereocenters. The molecule has 4 nitrogen and oxygen atoms in total. The van der Waals surface area contributed by atoms with Crippen LogP contribution < -0.4 is 10.6 Å². The number of ketones is 1. The van der Waals surface area contributed by atoms with Crippen LogP contribution in [0.1, 0.15) is 38.2 Å². The van der Waals surface area contributed by atoms with E-state index in [1.807, 2.05) is 46.0 Å². The first-order valence-electron chi connectivity index (χ1n) is 9.06. The average molecular weight is 454 g/mol. The zero-order valence-corrected chi connectivity index (χ0v) is 18.1. The van der Waals surface area contributed by atoms with Gasteiger partial charge in [-0.3, -0.25) is 9.69 Å². The van der Waals surface area contributed by atoms with Crippen LogP contribution in [0.4, 0.5) is 5.69 Å². The van der Waals surface area contributed by atoms with Crippen molar-refractivity contribution in [2.45, 2.75) is 32.6 Å². The molecular weight excluding hydrogens is 434 g/mol. The third-order valence-corrected chi connectivity index (χ3v) is 6.52. The van der Waals surface area contributed by atoms with Gasteiger partial charge in [-0.15, -0.1) is 0 Å². The highest BCUT2D eigenvalue weighted by atomic mass is 79.9. The summed E-state index contributed by atoms with van der Waals surface area (Å²) in [6, 6.07) is 12.1. The predicted molar refractivity (Wildman–Crippen MR) is 116 cm³/mol. The number of Topliss-reactive ketones (excluding diaryl/α,β-unsaturated/α-hetero) is 1. The van der Waals surface area contributed by atoms with Crippen molar-refractivity contribution in [1.29, 1.82) is 5.26 Å². The Morgan fingerprint density at radius 3 is 2.75 bits per heavy atom. The highest BCUT2D eigenvalue weighted by Gasteiger charge is 2.44. The normalized spacial score (nSPS) is 21.6. The van der Waals surface area contributed by atoms with Crippen LogP contribution >= 0.6 is 27.3 Å². The van der Waals surface area contributed by atoms with Crippen LogP contribution in [0, 0.1) is 16.7 Å². The molecule has 0 saturated carbocycles. The van der Waals surface area contributed by atoms with Crippen LogP contribution in [0.25, 0.3) is 0 Å². The van der Waals surface area contributed by atoms with Crippen LogP contribution in [0.2, 0.25) is 0 Å². The van der Waals surface area contributed by atoms with Crippen LogP contribution in [0.5, 0.6) is 0 Å². The Bertz CT molecular complexity index is 1060. The fourth-order valence-corrected chi connectivity index (χ4v) is 5.26. The number of benzene rings is 1. The second kappa shape index (κ2) is 6.91. The number of nitriles is 1. The van der Waals surface area contributed by atoms with E-state index >= 15 is 0 Å². The summed E-state index contributed by atoms with van der Waals surface area (Å²) in [6.45, 7) is 4.21. The van der Waals surface area contributed by atoms with E-state index in [4.69, 9.17) is 5.73 Å². The maximum absolute atomic E-state index is 13.3. The van der Waals surface area contributed by atoms with E-state index in [0.717, 1.165) is 27.8 Å². The van der Waals surface area contributed by atoms with Crippen LogP contribution in [0.3, 0.4) is 0 Å². The maximum Gasteiger partial charge on any atom is 0.162 e. The molecule has 0 fully saturated rings. The lowest BCUT2D eigenvalue weighted by Crippen LogP contribution is -2.42. The molecule has 6 heteroatoms. The summed E-state index contributed by atoms with van der Waals surface area (Å²) in [7, 11) is 0. The van der Waals surface area contributed by atoms with Gasteiger partial charge in [0.15, 0.2) is 5.78 Å². The number of carbonyl (C=O) groups excluding carboxylic acids is 1. The van der Waals surface area contributed by atoms with Gasteiger partial charge in [0.1, 0.15) is 5.82 Å². The monoisotopic (exact) mass is 453 g/mol. The lowest BCUT2D eigenvalue weighted by Gasteiger charge is -2.43. The van der Waals surface area contributed by atoms with Gasteiger partial charge >= 0.3 is 0 Å². The summed E-state index contributed by atoms with van der Waals surface area (Å²) < 4.78 is 0.916. The van der Waals surface area contributed by atoms with Gasteiger partial charge in [0.05, 0.1) is 17.6 Å². The van der Waals surface area contributed by atoms with E-state index in [2.05, 4.69) is 35.8 Å². The van der Waals surface area contributed by atoms with Gasteiger partial charge in [0.2, 0.25) is 0 Å². The third-order valence-electron chi connectivity index (χ3n) is 5.32. The first kappa shape index (κ1) is 19.0. The number of halogens is 1. The minimum Gasteiger partial charge on any atom is -0.384 e. The lowest BCUT2D eigenvalue weighted by atomic mass is 9.69. The molecule has 2 aliphatic rings. The van der Waals surface area contributed by atoms with E-state index < -0.39 is 5.92 Å². The van der Waals surface area contributed by atoms with Gasteiger partial charge < -0.3 is 5.73 Å². The van der Waals surface area contributed by atoms with Crippen LogP contribution in [-0.2, 0) is 4.79 Å². The van der Waals surface area contributed by atoms with Crippen molar-refractivity contribution in [2.24, 2.45) is 11.1 Å². The van der Waals surface area contributed by atoms with Crippen molar-refractivity contribution in [1.82, 2.24) is 0 Å². The fraction of sp³-hybridized carbons (Fsp3) is 0.273. The minimum absolute atomic E-state index is 0.0997. The highest BCUT2D eigenvalue weighted by molar-refractivity contribution is 9.10. The number of hydrogen-bond acceptors (Lipinski definition) is 5. The zero-order valence-electron chi connectivity index (χ0n) is 15.7. The van der Waals surface area contributed by atoms with Crippen molar-refractivity contribution < 1.29 is 4.79 Å². The molecular formula is C22H20BrN3OS. The van der Waals surface area contributed by atoms with Gasteiger partial charge in [-0.2, -0.15) is 16.6 Å². The van der Waals surface area contributed by atoms with Crippen molar-refractivity contribution in [3.05, 3.63) is 73.8 Å². The minimum atomic E-state index is -0.391. The molecule has 2 N–H and O–H groups in total. The maximum atomic E-state index is 13.3. The SMILES string of the molecule is CC1(C)CC(=O)C2=C(C1)N(c1cccc(Br)c1)C(N)=C(C#N)[C@H]2c1ccsc1. The van der Waals surface area contributed by atoms with Gasteiger partial charge in [0, 0.05) is 27.9 Å². The number of allylic oxidation sites excluding steroid dienone is 3. The molecule has 0 spiro atoms. The molecule has 1 aromatic heterocycles. The topological polar surface area (TPSA) is 70.1 Å². The van der Waals surface area contributed by atoms with Gasteiger partial charge in [-0.05, 0) is 52.4 Å². The highest BCUT2D eigenvalue weighted by Crippen LogP contribution is 2.50. The van der Waals surface area contributed by atoms with E-state index in [1.54, 1.807) is 11.3 Å². The molecule has 1 aliphatic carbocycles. The van der Waals surface area contributed by atoms with Gasteiger partial charge in [-0.25, -0.2) is 0 Å². The molecule has 1 aliphatic heterocycles. The summed E-state index contributed by atoms with van der Waals surface area (Å²) in [5.41, 5.74) is 10.3. The number of anilines is 1. The molecule has 4 rings (SSSR count). The molecule has 28 heavy (non-hydrogen) atoms. The molecule has 1 atom stereocenters. The van der Waals surface area contributed by atoms with Gasteiger partial charge in [-0.1, -0.05) is 35.8 Å². The molecule has 1 aromatic carbocycles. The van der Waals surface area contributed by atoms with Crippen LogP contribution in [-0.4, -0.2) is 5.78 Å². The Labute approximate surface area is 177 Å². The molecule has 0 amide bonds. The smallest absolute Gasteiger partial charge is 0.162 e. The Morgan fingerprint density at radius 1 is 1.32 bits per heavy atom. The molecule has 0 radical (unpaired) electrons. The molecule has 0 saturated heterocycles. The van der Waals surface area contributed by atoms with Crippen LogP contribution in [0.15, 0.2) is 68.2 Å². The lowest BCUT2D eigenvalue weighted by molar-refractivity contribution is -0.118. The third kappa shape index (κ3) is 3.09. The quantitative estimate of drug-likeness (QED) is 0.655. The average Bonchev–Trinajstić information content (AvgIpc) is 3.14. The summed E-state index contributed by atoms with van der Waals surface area (Å²) in [6.07, 6.45) is 1.19. The first-order valence-corrected chi connectivity index (χ1v) is 10.8. The Kier molecular flexibility index (Phi) is 4.68. The predicted octanol–water partition coefficient (Wildman–Crippen LogP) is 5.45. The Balaban J connectivity index is 2.00. The standard InChI is InChI=1S/C22H20BrN3OS/c1-22(2)9-17-20(18(27)10-22)19(13-6-7-28-12-13)16(11-24)21(25)26(17)15-5-3-4-14(23)8-15/h3-8,12,19H,9-10,25H2,1-2H3/t19-/m1/s1. The van der Waals surface area contributed by atoms with E-state index in [1.165, 1.54) is 0 Å². The number of thiophene rings is 1. The number of rotatable bonds is 2. The second-order valence-electron chi connectivity index (χ2n) is 8.02. The molecule has 142 valence electrons. The number of hydrogen-bond donors (Lipinski definition) is 1. The molecule has 2 aromatic rings. The molecule has 2 heterocycles. The van der Waals surface area contributed by atoms with Crippen molar-refractivity contribution in [3.63, 3.8) is 0 Å². The van der Waals surface area contributed by atoms with E-state index in [9.17, 15) is 10.1 Å². The number of nitrogens with two attached hydrogens (primary N) is 1. The van der Waals surface area contributed by atoms with Crippen molar-refractivity contribution in [3.8, 4) is 6.07 Å². The van der Waals surface area contributed by atoms with E-state index in [-0.39, 0.29) is 11.2 Å². The summed E-state index contributed by atoms with van der Waals surface area (Å²) in [5, 5.41) is 13.9. The zero-order chi connectivity index (χ0) is 20.1. The summed E-state index contributed by atoms with van der Waals surface area (Å²) >= 11 is 5.08. The second-order valence-corrected chi connectivity index (χ2v) is 9.71. The number of nitrogens with zero attached hydrogens (tertiary/aromatic N) is 2. The Morgan fingerprint density at radius 2 is 2.11 bits per heavy atom.